The van der Waals surface area contributed by atoms with E-state index >= 15 is 0 Å². The Hall–Kier alpha value is -1.10. The van der Waals surface area contributed by atoms with Crippen molar-refractivity contribution in [1.82, 2.24) is 10.6 Å². The van der Waals surface area contributed by atoms with E-state index in [2.05, 4.69) is 10.6 Å². The molecule has 5 heteroatoms. The zero-order valence-electron chi connectivity index (χ0n) is 10.8. The van der Waals surface area contributed by atoms with Crippen LogP contribution in [-0.2, 0) is 9.59 Å². The highest BCUT2D eigenvalue weighted by molar-refractivity contribution is 5.85. The van der Waals surface area contributed by atoms with Crippen LogP contribution in [-0.4, -0.2) is 29.4 Å². The first kappa shape index (κ1) is 14.9. The molecule has 94 valence electrons. The van der Waals surface area contributed by atoms with Crippen molar-refractivity contribution >= 4 is 11.8 Å². The fraction of sp³-hybridized carbons (Fsp3) is 0.818. The number of primary amides is 1. The number of hydrogen-bond donors (Lipinski definition) is 3. The second-order valence-corrected chi connectivity index (χ2v) is 5.13. The maximum absolute atomic E-state index is 11.6. The van der Waals surface area contributed by atoms with Crippen LogP contribution < -0.4 is 16.4 Å². The summed E-state index contributed by atoms with van der Waals surface area (Å²) in [5.74, 6) is -0.615. The van der Waals surface area contributed by atoms with E-state index in [1.807, 2.05) is 20.8 Å². The average Bonchev–Trinajstić information content (AvgIpc) is 2.14. The van der Waals surface area contributed by atoms with Gasteiger partial charge in [0, 0.05) is 5.54 Å². The van der Waals surface area contributed by atoms with Crippen LogP contribution in [0.15, 0.2) is 0 Å². The van der Waals surface area contributed by atoms with E-state index in [1.54, 1.807) is 13.8 Å². The molecule has 0 fully saturated rings. The minimum Gasteiger partial charge on any atom is -0.368 e. The molecular weight excluding hydrogens is 206 g/mol. The van der Waals surface area contributed by atoms with Crippen molar-refractivity contribution in [2.24, 2.45) is 5.73 Å². The van der Waals surface area contributed by atoms with E-state index in [0.717, 1.165) is 6.42 Å². The SMILES string of the molecule is CCC(C)(C)NC(=O)CNC(C)(C)C(N)=O. The van der Waals surface area contributed by atoms with Crippen molar-refractivity contribution in [3.63, 3.8) is 0 Å². The number of carbonyl (C=O) groups is 2. The number of carbonyl (C=O) groups excluding carboxylic acids is 2. The van der Waals surface area contributed by atoms with Gasteiger partial charge < -0.3 is 11.1 Å². The third-order valence-electron chi connectivity index (χ3n) is 2.67. The molecule has 0 atom stereocenters. The van der Waals surface area contributed by atoms with Gasteiger partial charge in [0.1, 0.15) is 0 Å². The summed E-state index contributed by atoms with van der Waals surface area (Å²) in [4.78, 5) is 22.6. The molecule has 16 heavy (non-hydrogen) atoms. The van der Waals surface area contributed by atoms with E-state index in [9.17, 15) is 9.59 Å². The van der Waals surface area contributed by atoms with Crippen molar-refractivity contribution in [3.8, 4) is 0 Å². The lowest BCUT2D eigenvalue weighted by Gasteiger charge is -2.27. The number of rotatable bonds is 6. The highest BCUT2D eigenvalue weighted by atomic mass is 16.2. The molecule has 0 saturated carbocycles. The maximum Gasteiger partial charge on any atom is 0.237 e. The summed E-state index contributed by atoms with van der Waals surface area (Å²) in [5.41, 5.74) is 4.08. The van der Waals surface area contributed by atoms with Crippen molar-refractivity contribution in [2.45, 2.75) is 52.1 Å². The summed E-state index contributed by atoms with van der Waals surface area (Å²) < 4.78 is 0. The average molecular weight is 229 g/mol. The van der Waals surface area contributed by atoms with E-state index in [0.29, 0.717) is 0 Å². The van der Waals surface area contributed by atoms with E-state index in [-0.39, 0.29) is 18.0 Å². The van der Waals surface area contributed by atoms with Crippen LogP contribution in [0.5, 0.6) is 0 Å². The fourth-order valence-electron chi connectivity index (χ4n) is 0.898. The molecule has 5 nitrogen and oxygen atoms in total. The Balaban J connectivity index is 4.14. The number of nitrogens with two attached hydrogens (primary N) is 1. The zero-order valence-corrected chi connectivity index (χ0v) is 10.8. The molecule has 2 amide bonds. The van der Waals surface area contributed by atoms with Crippen LogP contribution in [0, 0.1) is 0 Å². The third-order valence-corrected chi connectivity index (χ3v) is 2.67. The summed E-state index contributed by atoms with van der Waals surface area (Å²) in [6.45, 7) is 9.27. The first-order valence-corrected chi connectivity index (χ1v) is 5.46. The molecule has 0 aliphatic rings. The molecule has 0 radical (unpaired) electrons. The second kappa shape index (κ2) is 5.30. The van der Waals surface area contributed by atoms with E-state index < -0.39 is 11.4 Å². The molecule has 0 aliphatic carbocycles. The summed E-state index contributed by atoms with van der Waals surface area (Å²) in [5, 5.41) is 5.68. The van der Waals surface area contributed by atoms with Crippen LogP contribution in [0.4, 0.5) is 0 Å². The van der Waals surface area contributed by atoms with Gasteiger partial charge in [0.05, 0.1) is 12.1 Å². The number of amides is 2. The van der Waals surface area contributed by atoms with Crippen LogP contribution in [0.2, 0.25) is 0 Å². The lowest BCUT2D eigenvalue weighted by atomic mass is 10.0. The van der Waals surface area contributed by atoms with Gasteiger partial charge in [-0.2, -0.15) is 0 Å². The van der Waals surface area contributed by atoms with Crippen molar-refractivity contribution in [1.29, 1.82) is 0 Å². The summed E-state index contributed by atoms with van der Waals surface area (Å²) in [6, 6.07) is 0. The Morgan fingerprint density at radius 3 is 2.06 bits per heavy atom. The lowest BCUT2D eigenvalue weighted by Crippen LogP contribution is -2.55. The van der Waals surface area contributed by atoms with Gasteiger partial charge in [-0.15, -0.1) is 0 Å². The van der Waals surface area contributed by atoms with Crippen LogP contribution in [0.1, 0.15) is 41.0 Å². The Kier molecular flexibility index (Phi) is 4.93. The van der Waals surface area contributed by atoms with Gasteiger partial charge in [-0.25, -0.2) is 0 Å². The zero-order chi connectivity index (χ0) is 13.0. The molecule has 0 aromatic heterocycles. The minimum atomic E-state index is -0.867. The third kappa shape index (κ3) is 5.11. The maximum atomic E-state index is 11.6. The van der Waals surface area contributed by atoms with Gasteiger partial charge >= 0.3 is 0 Å². The highest BCUT2D eigenvalue weighted by Crippen LogP contribution is 2.06. The fourth-order valence-corrected chi connectivity index (χ4v) is 0.898. The molecule has 0 aromatic carbocycles. The Morgan fingerprint density at radius 2 is 1.69 bits per heavy atom. The monoisotopic (exact) mass is 229 g/mol. The van der Waals surface area contributed by atoms with Gasteiger partial charge in [0.15, 0.2) is 0 Å². The minimum absolute atomic E-state index is 0.0827. The van der Waals surface area contributed by atoms with Gasteiger partial charge in [0.25, 0.3) is 0 Å². The first-order valence-electron chi connectivity index (χ1n) is 5.46. The molecule has 0 aliphatic heterocycles. The van der Waals surface area contributed by atoms with Crippen molar-refractivity contribution < 1.29 is 9.59 Å². The number of nitrogens with one attached hydrogen (secondary N) is 2. The Bertz CT molecular complexity index is 272. The molecule has 0 heterocycles. The summed E-state index contributed by atoms with van der Waals surface area (Å²) in [7, 11) is 0. The molecule has 0 spiro atoms. The van der Waals surface area contributed by atoms with Crippen LogP contribution in [0.25, 0.3) is 0 Å². The highest BCUT2D eigenvalue weighted by Gasteiger charge is 2.25. The van der Waals surface area contributed by atoms with Crippen molar-refractivity contribution in [2.75, 3.05) is 6.54 Å². The number of hydrogen-bond acceptors (Lipinski definition) is 3. The summed E-state index contributed by atoms with van der Waals surface area (Å²) in [6.07, 6.45) is 0.845. The van der Waals surface area contributed by atoms with Gasteiger partial charge in [-0.05, 0) is 34.1 Å². The quantitative estimate of drug-likeness (QED) is 0.606. The molecular formula is C11H23N3O2. The second-order valence-electron chi connectivity index (χ2n) is 5.13. The molecule has 0 unspecified atom stereocenters. The molecule has 0 saturated heterocycles. The van der Waals surface area contributed by atoms with E-state index in [1.165, 1.54) is 0 Å². The normalized spacial score (nSPS) is 12.3. The van der Waals surface area contributed by atoms with E-state index in [4.69, 9.17) is 5.73 Å². The van der Waals surface area contributed by atoms with Crippen molar-refractivity contribution in [3.05, 3.63) is 0 Å². The predicted molar refractivity (Wildman–Crippen MR) is 63.8 cm³/mol. The Labute approximate surface area is 97.2 Å². The van der Waals surface area contributed by atoms with Crippen LogP contribution >= 0.6 is 0 Å². The molecule has 0 aromatic rings. The molecule has 0 bridgehead atoms. The van der Waals surface area contributed by atoms with Gasteiger partial charge in [0.2, 0.25) is 11.8 Å². The van der Waals surface area contributed by atoms with Gasteiger partial charge in [-0.1, -0.05) is 6.92 Å². The Morgan fingerprint density at radius 1 is 1.19 bits per heavy atom. The predicted octanol–water partition coefficient (Wildman–Crippen LogP) is 0.145. The van der Waals surface area contributed by atoms with Gasteiger partial charge in [-0.3, -0.25) is 14.9 Å². The molecule has 0 rings (SSSR count). The topological polar surface area (TPSA) is 84.2 Å². The standard InChI is InChI=1S/C11H23N3O2/c1-6-10(2,3)14-8(15)7-13-11(4,5)9(12)16/h13H,6-7H2,1-5H3,(H2,12,16)(H,14,15). The van der Waals surface area contributed by atoms with Crippen LogP contribution in [0.3, 0.4) is 0 Å². The first-order chi connectivity index (χ1) is 7.10. The lowest BCUT2D eigenvalue weighted by molar-refractivity contribution is -0.124. The smallest absolute Gasteiger partial charge is 0.237 e. The summed E-state index contributed by atoms with van der Waals surface area (Å²) >= 11 is 0. The molecule has 4 N–H and O–H groups in total. The largest absolute Gasteiger partial charge is 0.368 e.